The molecule has 8 aromatic carbocycles. The van der Waals surface area contributed by atoms with Crippen LogP contribution in [0, 0.1) is 18.8 Å². The van der Waals surface area contributed by atoms with Crippen LogP contribution in [0.25, 0.3) is 88.3 Å². The van der Waals surface area contributed by atoms with E-state index in [0.29, 0.717) is 0 Å². The molecule has 0 heterocycles. The average Bonchev–Trinajstić information content (AvgIpc) is 3.79. The zero-order chi connectivity index (χ0) is 39.0. The van der Waals surface area contributed by atoms with Gasteiger partial charge in [0, 0.05) is 11.8 Å². The Labute approximate surface area is 345 Å². The Morgan fingerprint density at radius 1 is 0.254 bits per heavy atom. The fourth-order valence-corrected chi connectivity index (χ4v) is 10.9. The minimum absolute atomic E-state index is 0.172. The van der Waals surface area contributed by atoms with E-state index in [1.54, 1.807) is 0 Å². The fraction of sp³-hybridized carbons (Fsp3) is 0.0508. The van der Waals surface area contributed by atoms with Crippen LogP contribution in [-0.4, -0.2) is 0 Å². The van der Waals surface area contributed by atoms with Crippen LogP contribution in [0.2, 0.25) is 0 Å². The Kier molecular flexibility index (Phi) is 7.68. The molecule has 0 nitrogen and oxygen atoms in total. The summed E-state index contributed by atoms with van der Waals surface area (Å²) in [5.41, 5.74) is 22.8. The molecule has 0 aliphatic heterocycles. The lowest BCUT2D eigenvalue weighted by molar-refractivity contribution is 0.759. The molecule has 2 unspecified atom stereocenters. The van der Waals surface area contributed by atoms with Gasteiger partial charge in [-0.15, -0.1) is 0 Å². The Bertz CT molecular complexity index is 3250. The summed E-state index contributed by atoms with van der Waals surface area (Å²) >= 11 is 0. The van der Waals surface area contributed by atoms with Crippen LogP contribution < -0.4 is 0 Å². The predicted molar refractivity (Wildman–Crippen MR) is 251 cm³/mol. The molecule has 12 rings (SSSR count). The first-order valence-corrected chi connectivity index (χ1v) is 20.9. The monoisotopic (exact) mass is 748 g/mol. The van der Waals surface area contributed by atoms with Gasteiger partial charge in [0.2, 0.25) is 0 Å². The molecule has 0 heteroatoms. The Morgan fingerprint density at radius 3 is 0.881 bits per heavy atom. The van der Waals surface area contributed by atoms with Gasteiger partial charge < -0.3 is 0 Å². The Morgan fingerprint density at radius 2 is 0.525 bits per heavy atom. The molecule has 4 aliphatic rings. The lowest BCUT2D eigenvalue weighted by Crippen LogP contribution is -2.18. The largest absolute Gasteiger partial charge is 0.0623 e. The van der Waals surface area contributed by atoms with Gasteiger partial charge in [-0.1, -0.05) is 218 Å². The van der Waals surface area contributed by atoms with Crippen LogP contribution in [0.4, 0.5) is 0 Å². The molecule has 0 aromatic heterocycles. The maximum Gasteiger partial charge on any atom is 0.0212 e. The van der Waals surface area contributed by atoms with E-state index in [-0.39, 0.29) is 11.8 Å². The van der Waals surface area contributed by atoms with Crippen molar-refractivity contribution in [2.24, 2.45) is 11.8 Å². The zero-order valence-corrected chi connectivity index (χ0v) is 32.9. The van der Waals surface area contributed by atoms with E-state index in [9.17, 15) is 0 Å². The Hall–Kier alpha value is -7.28. The molecule has 0 amide bonds. The van der Waals surface area contributed by atoms with Crippen molar-refractivity contribution >= 4 is 43.8 Å². The van der Waals surface area contributed by atoms with E-state index in [4.69, 9.17) is 0 Å². The van der Waals surface area contributed by atoms with E-state index in [1.807, 2.05) is 0 Å². The van der Waals surface area contributed by atoms with Crippen molar-refractivity contribution in [3.63, 3.8) is 0 Å². The van der Waals surface area contributed by atoms with Gasteiger partial charge in [0.15, 0.2) is 0 Å². The molecule has 2 atom stereocenters. The van der Waals surface area contributed by atoms with Gasteiger partial charge in [-0.25, -0.2) is 0 Å². The van der Waals surface area contributed by atoms with Gasteiger partial charge in [0.05, 0.1) is 0 Å². The van der Waals surface area contributed by atoms with Crippen molar-refractivity contribution in [2.45, 2.75) is 6.92 Å². The molecule has 276 valence electrons. The molecule has 0 fully saturated rings. The lowest BCUT2D eigenvalue weighted by atomic mass is 9.71. The van der Waals surface area contributed by atoms with Crippen molar-refractivity contribution in [3.8, 4) is 44.5 Å². The minimum atomic E-state index is 0.172. The van der Waals surface area contributed by atoms with E-state index in [1.165, 1.54) is 116 Å². The normalized spacial score (nSPS) is 16.6. The second-order valence-electron chi connectivity index (χ2n) is 16.3. The van der Waals surface area contributed by atoms with E-state index >= 15 is 0 Å². The lowest BCUT2D eigenvalue weighted by Gasteiger charge is -2.31. The smallest absolute Gasteiger partial charge is 0.0212 e. The highest BCUT2D eigenvalue weighted by Crippen LogP contribution is 2.68. The maximum absolute atomic E-state index is 2.50. The number of hydrogen-bond donors (Lipinski definition) is 0. The average molecular weight is 749 g/mol. The number of fused-ring (bicyclic) bond motifs is 8. The Balaban J connectivity index is 1.24. The van der Waals surface area contributed by atoms with Gasteiger partial charge >= 0.3 is 0 Å². The second kappa shape index (κ2) is 13.4. The van der Waals surface area contributed by atoms with Crippen molar-refractivity contribution in [3.05, 3.63) is 240 Å². The van der Waals surface area contributed by atoms with E-state index in [2.05, 4.69) is 219 Å². The maximum atomic E-state index is 2.50. The van der Waals surface area contributed by atoms with Crippen LogP contribution in [0.1, 0.15) is 27.8 Å². The van der Waals surface area contributed by atoms with E-state index < -0.39 is 0 Å². The highest BCUT2D eigenvalue weighted by Gasteiger charge is 2.50. The van der Waals surface area contributed by atoms with Gasteiger partial charge in [-0.05, 0) is 118 Å². The summed E-state index contributed by atoms with van der Waals surface area (Å²) in [4.78, 5) is 0. The molecule has 0 spiro atoms. The van der Waals surface area contributed by atoms with Crippen LogP contribution >= 0.6 is 0 Å². The first-order chi connectivity index (χ1) is 29.3. The first kappa shape index (κ1) is 33.8. The topological polar surface area (TPSA) is 0 Å². The number of benzene rings is 7. The summed E-state index contributed by atoms with van der Waals surface area (Å²) in [5.74, 6) is 0.351. The predicted octanol–water partition coefficient (Wildman–Crippen LogP) is 15.6. The third-order valence-electron chi connectivity index (χ3n) is 13.1. The molecule has 0 saturated carbocycles. The summed E-state index contributed by atoms with van der Waals surface area (Å²) in [6.45, 7) is 2.21. The SMILES string of the molecule is Cc1cccc(-c2c3c(c(-c4ccccc4)c4ccccc24)C2=CC=C4c5c(c(-c6ccccc6)c6ccccccccc6c5-c5ccccc5)C5=CC=C3C2C45)c1. The zero-order valence-electron chi connectivity index (χ0n) is 32.9. The van der Waals surface area contributed by atoms with Crippen LogP contribution in [0.5, 0.6) is 0 Å². The molecule has 59 heavy (non-hydrogen) atoms. The molecule has 4 aliphatic carbocycles. The number of allylic oxidation sites excluding steroid dienone is 8. The van der Waals surface area contributed by atoms with Crippen LogP contribution in [0.3, 0.4) is 0 Å². The van der Waals surface area contributed by atoms with Gasteiger partial charge in [0.25, 0.3) is 0 Å². The standard InChI is InChI=1S/C59H40/c1-37-20-19-27-41(36-37)53-45-31-18-17-30-44(45)52(40-25-13-8-14-26-40)58-48-33-32-46-54-47(34-35-49(55(48)54)59(53)58)57-51(39-23-11-7-12-24-39)43-29-16-5-3-2-4-15-28-42(43)50(56(46)57)38-21-9-6-10-22-38/h2-36,54-55H,1H3. The molecule has 0 N–H and O–H groups in total. The van der Waals surface area contributed by atoms with Crippen LogP contribution in [0.15, 0.2) is 212 Å². The highest BCUT2D eigenvalue weighted by atomic mass is 14.5. The molecular formula is C59H40. The molecule has 8 aromatic rings. The van der Waals surface area contributed by atoms with Crippen molar-refractivity contribution < 1.29 is 0 Å². The quantitative estimate of drug-likeness (QED) is 0.168. The minimum Gasteiger partial charge on any atom is -0.0623 e. The molecule has 0 saturated heterocycles. The summed E-state index contributed by atoms with van der Waals surface area (Å²) in [7, 11) is 0. The highest BCUT2D eigenvalue weighted by molar-refractivity contribution is 6.23. The second-order valence-corrected chi connectivity index (χ2v) is 16.3. The summed E-state index contributed by atoms with van der Waals surface area (Å²) in [6, 6.07) is 69.2. The summed E-state index contributed by atoms with van der Waals surface area (Å²) in [5, 5.41) is 5.11. The fourth-order valence-electron chi connectivity index (χ4n) is 10.9. The number of rotatable bonds is 4. The van der Waals surface area contributed by atoms with Gasteiger partial charge in [0.1, 0.15) is 0 Å². The number of hydrogen-bond acceptors (Lipinski definition) is 0. The molecule has 0 radical (unpaired) electrons. The summed E-state index contributed by atoms with van der Waals surface area (Å²) < 4.78 is 0. The number of aryl methyl sites for hydroxylation is 1. The third kappa shape index (κ3) is 5.03. The molecular weight excluding hydrogens is 709 g/mol. The van der Waals surface area contributed by atoms with Crippen LogP contribution in [-0.2, 0) is 0 Å². The van der Waals surface area contributed by atoms with Crippen molar-refractivity contribution in [1.82, 2.24) is 0 Å². The van der Waals surface area contributed by atoms with Gasteiger partial charge in [-0.3, -0.25) is 0 Å². The van der Waals surface area contributed by atoms with Crippen molar-refractivity contribution in [2.75, 3.05) is 0 Å². The molecule has 0 bridgehead atoms. The first-order valence-electron chi connectivity index (χ1n) is 20.9. The van der Waals surface area contributed by atoms with E-state index in [0.717, 1.165) is 0 Å². The van der Waals surface area contributed by atoms with Crippen molar-refractivity contribution in [1.29, 1.82) is 0 Å². The summed E-state index contributed by atoms with van der Waals surface area (Å²) in [6.07, 6.45) is 10.0. The third-order valence-corrected chi connectivity index (χ3v) is 13.1. The van der Waals surface area contributed by atoms with Gasteiger partial charge in [-0.2, -0.15) is 0 Å².